The smallest absolute Gasteiger partial charge is 0.308 e. The first-order valence-electron chi connectivity index (χ1n) is 20.0. The van der Waals surface area contributed by atoms with E-state index in [0.717, 1.165) is 55.2 Å². The molecule has 0 saturated heterocycles. The van der Waals surface area contributed by atoms with Crippen LogP contribution in [-0.4, -0.2) is 24.5 Å². The number of hydrogen-bond donors (Lipinski definition) is 0. The van der Waals surface area contributed by atoms with Crippen LogP contribution < -0.4 is 0 Å². The van der Waals surface area contributed by atoms with E-state index in [9.17, 15) is 0 Å². The summed E-state index contributed by atoms with van der Waals surface area (Å²) in [6, 6.07) is 56.9. The van der Waals surface area contributed by atoms with Crippen molar-refractivity contribution < 1.29 is 13.2 Å². The molecule has 3 aromatic heterocycles. The predicted octanol–water partition coefficient (Wildman–Crippen LogP) is 14.0. The monoisotopic (exact) mass is 799 g/mol. The van der Waals surface area contributed by atoms with Gasteiger partial charge in [-0.05, 0) is 62.4 Å². The van der Waals surface area contributed by atoms with Gasteiger partial charge in [-0.25, -0.2) is 19.9 Å². The molecule has 0 aliphatic rings. The van der Waals surface area contributed by atoms with Crippen LogP contribution in [-0.2, 0) is 6.18 Å². The van der Waals surface area contributed by atoms with Gasteiger partial charge in [0, 0.05) is 44.2 Å². The second-order valence-electron chi connectivity index (χ2n) is 15.2. The molecule has 0 fully saturated rings. The average Bonchev–Trinajstić information content (AvgIpc) is 3.61. The Labute approximate surface area is 350 Å². The van der Waals surface area contributed by atoms with Crippen LogP contribution in [0.5, 0.6) is 0 Å². The fourth-order valence-electron chi connectivity index (χ4n) is 8.03. The number of fused-ring (bicyclic) bond motifs is 3. The van der Waals surface area contributed by atoms with Gasteiger partial charge in [0.2, 0.25) is 0 Å². The van der Waals surface area contributed by atoms with Crippen LogP contribution in [0.15, 0.2) is 182 Å². The molecule has 0 saturated carbocycles. The van der Waals surface area contributed by atoms with E-state index in [1.807, 2.05) is 176 Å². The topological polar surface area (TPSA) is 56.5 Å². The lowest BCUT2D eigenvalue weighted by Gasteiger charge is -2.21. The second-order valence-corrected chi connectivity index (χ2v) is 15.2. The third kappa shape index (κ3) is 7.12. The van der Waals surface area contributed by atoms with E-state index in [2.05, 4.69) is 12.1 Å². The minimum absolute atomic E-state index is 0.124. The van der Waals surface area contributed by atoms with E-state index in [1.54, 1.807) is 0 Å². The Kier molecular flexibility index (Phi) is 9.33. The fourth-order valence-corrected chi connectivity index (χ4v) is 8.03. The van der Waals surface area contributed by atoms with E-state index in [4.69, 9.17) is 19.9 Å². The molecule has 0 unspecified atom stereocenters. The van der Waals surface area contributed by atoms with Gasteiger partial charge in [0.05, 0.1) is 45.1 Å². The molecule has 0 aliphatic carbocycles. The molecule has 0 aliphatic heterocycles. The van der Waals surface area contributed by atoms with Gasteiger partial charge >= 0.3 is 6.18 Å². The van der Waals surface area contributed by atoms with Gasteiger partial charge in [-0.2, -0.15) is 13.2 Å². The van der Waals surface area contributed by atoms with E-state index in [0.29, 0.717) is 28.5 Å². The molecule has 61 heavy (non-hydrogen) atoms. The molecular weight excluding hydrogens is 764 g/mol. The Balaban J connectivity index is 1.39. The highest BCUT2D eigenvalue weighted by atomic mass is 19.4. The Morgan fingerprint density at radius 1 is 0.393 bits per heavy atom. The van der Waals surface area contributed by atoms with Crippen molar-refractivity contribution in [2.24, 2.45) is 0 Å². The summed E-state index contributed by atoms with van der Waals surface area (Å²) in [5.74, 6) is 0.249. The molecule has 0 N–H and O–H groups in total. The van der Waals surface area contributed by atoms with E-state index < -0.39 is 11.7 Å². The van der Waals surface area contributed by atoms with Crippen molar-refractivity contribution in [1.82, 2.24) is 24.5 Å². The van der Waals surface area contributed by atoms with Crippen molar-refractivity contribution >= 4 is 21.8 Å². The van der Waals surface area contributed by atoms with Crippen LogP contribution in [0.25, 0.3) is 95.3 Å². The summed E-state index contributed by atoms with van der Waals surface area (Å²) in [5, 5.41) is 1.92. The number of aromatic nitrogens is 5. The first kappa shape index (κ1) is 37.6. The van der Waals surface area contributed by atoms with Crippen LogP contribution in [0, 0.1) is 13.8 Å². The average molecular weight is 800 g/mol. The van der Waals surface area contributed by atoms with Crippen molar-refractivity contribution in [3.05, 3.63) is 199 Å². The number of nitrogens with zero attached hydrogens (tertiary/aromatic N) is 5. The van der Waals surface area contributed by atoms with Gasteiger partial charge in [-0.1, -0.05) is 145 Å². The molecule has 8 heteroatoms. The van der Waals surface area contributed by atoms with E-state index >= 15 is 13.2 Å². The first-order chi connectivity index (χ1) is 29.7. The Bertz CT molecular complexity index is 2910. The Morgan fingerprint density at radius 2 is 0.721 bits per heavy atom. The molecule has 7 aromatic carbocycles. The molecular formula is C53H36F3N5. The predicted molar refractivity (Wildman–Crippen MR) is 239 cm³/mol. The summed E-state index contributed by atoms with van der Waals surface area (Å²) in [5.41, 5.74) is 9.07. The van der Waals surface area contributed by atoms with Crippen LogP contribution in [0.2, 0.25) is 0 Å². The Morgan fingerprint density at radius 3 is 1.03 bits per heavy atom. The van der Waals surface area contributed by atoms with E-state index in [1.165, 1.54) is 12.1 Å². The lowest BCUT2D eigenvalue weighted by Crippen LogP contribution is -2.11. The molecule has 0 radical (unpaired) electrons. The maximum atomic E-state index is 15.5. The molecule has 0 spiro atoms. The van der Waals surface area contributed by atoms with E-state index in [-0.39, 0.29) is 22.8 Å². The van der Waals surface area contributed by atoms with Crippen LogP contribution in [0.1, 0.15) is 16.7 Å². The Hall–Kier alpha value is -7.71. The van der Waals surface area contributed by atoms with Crippen molar-refractivity contribution in [1.29, 1.82) is 0 Å². The number of alkyl halides is 3. The molecule has 3 heterocycles. The highest BCUT2D eigenvalue weighted by Crippen LogP contribution is 2.45. The lowest BCUT2D eigenvalue weighted by atomic mass is 9.98. The van der Waals surface area contributed by atoms with Crippen molar-refractivity contribution in [2.75, 3.05) is 0 Å². The number of benzene rings is 7. The lowest BCUT2D eigenvalue weighted by molar-refractivity contribution is -0.137. The van der Waals surface area contributed by atoms with Crippen molar-refractivity contribution in [2.45, 2.75) is 20.0 Å². The van der Waals surface area contributed by atoms with Gasteiger partial charge in [-0.15, -0.1) is 0 Å². The molecule has 294 valence electrons. The van der Waals surface area contributed by atoms with Gasteiger partial charge < -0.3 is 4.57 Å². The summed E-state index contributed by atoms with van der Waals surface area (Å²) >= 11 is 0. The van der Waals surface area contributed by atoms with Crippen LogP contribution in [0.4, 0.5) is 13.2 Å². The number of hydrogen-bond acceptors (Lipinski definition) is 4. The first-order valence-corrected chi connectivity index (χ1v) is 20.0. The molecule has 5 nitrogen and oxygen atoms in total. The second kappa shape index (κ2) is 15.1. The zero-order chi connectivity index (χ0) is 41.7. The van der Waals surface area contributed by atoms with Crippen molar-refractivity contribution in [3.8, 4) is 73.5 Å². The standard InChI is InChI=1S/C53H36F3N5/c1-33-23-25-48-40(27-33)41-28-34(2)24-26-49(41)61(48)50-42(51-57-44(35-15-7-3-8-16-35)31-45(58-51)36-17-9-4-10-18-36)29-39(53(54,55)56)30-43(50)52-59-46(37-19-11-5-12-20-37)32-47(60-52)38-21-13-6-14-22-38/h3-32H,1-2H3. The number of aryl methyl sites for hydroxylation is 2. The van der Waals surface area contributed by atoms with Gasteiger partial charge in [0.25, 0.3) is 0 Å². The normalized spacial score (nSPS) is 11.7. The minimum Gasteiger partial charge on any atom is -0.308 e. The maximum absolute atomic E-state index is 15.5. The van der Waals surface area contributed by atoms with Gasteiger partial charge in [0.15, 0.2) is 11.6 Å². The van der Waals surface area contributed by atoms with Gasteiger partial charge in [0.1, 0.15) is 0 Å². The largest absolute Gasteiger partial charge is 0.416 e. The zero-order valence-corrected chi connectivity index (χ0v) is 33.2. The third-order valence-electron chi connectivity index (χ3n) is 10.9. The highest BCUT2D eigenvalue weighted by molar-refractivity contribution is 6.11. The van der Waals surface area contributed by atoms with Crippen LogP contribution in [0.3, 0.4) is 0 Å². The maximum Gasteiger partial charge on any atom is 0.416 e. The highest BCUT2D eigenvalue weighted by Gasteiger charge is 2.35. The SMILES string of the molecule is Cc1ccc2c(c1)c1cc(C)ccc1n2-c1c(-c2nc(-c3ccccc3)cc(-c3ccccc3)n2)cc(C(F)(F)F)cc1-c1nc(-c2ccccc2)cc(-c2ccccc2)n1. The summed E-state index contributed by atoms with van der Waals surface area (Å²) in [6.45, 7) is 4.07. The molecule has 10 aromatic rings. The summed E-state index contributed by atoms with van der Waals surface area (Å²) in [7, 11) is 0. The third-order valence-corrected chi connectivity index (χ3v) is 10.9. The molecule has 0 bridgehead atoms. The fraction of sp³-hybridized carbons (Fsp3) is 0.0566. The minimum atomic E-state index is -4.75. The number of rotatable bonds is 7. The summed E-state index contributed by atoms with van der Waals surface area (Å²) in [4.78, 5) is 20.5. The molecule has 0 amide bonds. The van der Waals surface area contributed by atoms with Crippen LogP contribution >= 0.6 is 0 Å². The van der Waals surface area contributed by atoms with Gasteiger partial charge in [-0.3, -0.25) is 0 Å². The zero-order valence-electron chi connectivity index (χ0n) is 33.2. The quantitative estimate of drug-likeness (QED) is 0.161. The van der Waals surface area contributed by atoms with Crippen molar-refractivity contribution in [3.63, 3.8) is 0 Å². The number of halogens is 3. The summed E-state index contributed by atoms with van der Waals surface area (Å²) in [6.07, 6.45) is -4.75. The summed E-state index contributed by atoms with van der Waals surface area (Å²) < 4.78 is 48.6. The molecule has 0 atom stereocenters. The molecule has 10 rings (SSSR count).